The van der Waals surface area contributed by atoms with Crippen molar-refractivity contribution in [3.8, 4) is 0 Å². The van der Waals surface area contributed by atoms with E-state index in [-0.39, 0.29) is 18.2 Å². The number of alkyl halides is 3. The van der Waals surface area contributed by atoms with Crippen molar-refractivity contribution in [2.45, 2.75) is 18.8 Å². The maximum Gasteiger partial charge on any atom is 0.416 e. The topological polar surface area (TPSA) is 30.5 Å². The van der Waals surface area contributed by atoms with Gasteiger partial charge in [-0.3, -0.25) is 0 Å². The molecule has 2 rings (SSSR count). The lowest BCUT2D eigenvalue weighted by Gasteiger charge is -2.23. The van der Waals surface area contributed by atoms with E-state index in [1.165, 1.54) is 0 Å². The molecule has 1 unspecified atom stereocenters. The summed E-state index contributed by atoms with van der Waals surface area (Å²) in [5.74, 6) is -0.898. The van der Waals surface area contributed by atoms with Gasteiger partial charge in [0.15, 0.2) is 0 Å². The number of halogens is 4. The van der Waals surface area contributed by atoms with Crippen LogP contribution >= 0.6 is 0 Å². The van der Waals surface area contributed by atoms with Gasteiger partial charge in [0.25, 0.3) is 0 Å². The van der Waals surface area contributed by atoms with Gasteiger partial charge in [-0.25, -0.2) is 4.39 Å². The number of benzene rings is 1. The zero-order valence-corrected chi connectivity index (χ0v) is 10.7. The molecule has 112 valence electrons. The lowest BCUT2D eigenvalue weighted by Crippen LogP contribution is -2.37. The van der Waals surface area contributed by atoms with Crippen LogP contribution in [0.3, 0.4) is 0 Å². The summed E-state index contributed by atoms with van der Waals surface area (Å²) in [5.41, 5.74) is -0.943. The Morgan fingerprint density at radius 2 is 2.05 bits per heavy atom. The maximum absolute atomic E-state index is 12.9. The minimum atomic E-state index is -4.57. The summed E-state index contributed by atoms with van der Waals surface area (Å²) < 4.78 is 61.8. The summed E-state index contributed by atoms with van der Waals surface area (Å²) in [6, 6.07) is 2.67. The molecule has 0 radical (unpaired) electrons. The maximum atomic E-state index is 12.9. The van der Waals surface area contributed by atoms with Gasteiger partial charge >= 0.3 is 6.18 Å². The van der Waals surface area contributed by atoms with Crippen molar-refractivity contribution < 1.29 is 27.0 Å². The van der Waals surface area contributed by atoms with Crippen LogP contribution in [0.4, 0.5) is 17.6 Å². The Labute approximate surface area is 113 Å². The van der Waals surface area contributed by atoms with E-state index in [1.54, 1.807) is 0 Å². The summed E-state index contributed by atoms with van der Waals surface area (Å²) in [7, 11) is 0. The van der Waals surface area contributed by atoms with Crippen molar-refractivity contribution in [3.05, 3.63) is 35.1 Å². The average molecular weight is 293 g/mol. The molecule has 1 aliphatic rings. The highest BCUT2D eigenvalue weighted by atomic mass is 19.4. The Hall–Kier alpha value is -1.18. The first kappa shape index (κ1) is 15.2. The molecule has 1 atom stereocenters. The molecule has 1 aliphatic heterocycles. The molecule has 3 nitrogen and oxygen atoms in total. The summed E-state index contributed by atoms with van der Waals surface area (Å²) in [4.78, 5) is 0. The van der Waals surface area contributed by atoms with E-state index >= 15 is 0 Å². The average Bonchev–Trinajstić information content (AvgIpc) is 2.40. The number of hydrogen-bond donors (Lipinski definition) is 1. The number of hydrogen-bond acceptors (Lipinski definition) is 3. The number of ether oxygens (including phenoxy) is 2. The second-order valence-electron chi connectivity index (χ2n) is 4.50. The van der Waals surface area contributed by atoms with E-state index in [4.69, 9.17) is 9.47 Å². The van der Waals surface area contributed by atoms with Gasteiger partial charge in [-0.2, -0.15) is 13.2 Å². The Morgan fingerprint density at radius 1 is 1.25 bits per heavy atom. The minimum absolute atomic E-state index is 0.00498. The standard InChI is InChI=1S/C13H15F4NO2/c14-10-2-1-9(12(5-10)13(15,16)17)6-18-7-11-8-19-3-4-20-11/h1-2,5,11,18H,3-4,6-8H2. The van der Waals surface area contributed by atoms with Gasteiger partial charge in [0.1, 0.15) is 5.82 Å². The van der Waals surface area contributed by atoms with E-state index in [1.807, 2.05) is 0 Å². The zero-order valence-electron chi connectivity index (χ0n) is 10.7. The fourth-order valence-corrected chi connectivity index (χ4v) is 1.99. The molecule has 1 aromatic carbocycles. The second-order valence-corrected chi connectivity index (χ2v) is 4.50. The van der Waals surface area contributed by atoms with Crippen LogP contribution < -0.4 is 5.32 Å². The number of nitrogens with one attached hydrogen (secondary N) is 1. The minimum Gasteiger partial charge on any atom is -0.376 e. The smallest absolute Gasteiger partial charge is 0.376 e. The van der Waals surface area contributed by atoms with Crippen LogP contribution in [0, 0.1) is 5.82 Å². The summed E-state index contributed by atoms with van der Waals surface area (Å²) >= 11 is 0. The van der Waals surface area contributed by atoms with Gasteiger partial charge in [-0.1, -0.05) is 6.07 Å². The van der Waals surface area contributed by atoms with Crippen LogP contribution in [-0.2, 0) is 22.2 Å². The van der Waals surface area contributed by atoms with Crippen LogP contribution in [-0.4, -0.2) is 32.5 Å². The van der Waals surface area contributed by atoms with Crippen LogP contribution in [0.15, 0.2) is 18.2 Å². The number of rotatable bonds is 4. The summed E-state index contributed by atoms with van der Waals surface area (Å²) in [5, 5.41) is 2.88. The molecule has 7 heteroatoms. The second kappa shape index (κ2) is 6.51. The largest absolute Gasteiger partial charge is 0.416 e. The molecule has 1 N–H and O–H groups in total. The molecule has 1 saturated heterocycles. The molecule has 0 aliphatic carbocycles. The fraction of sp³-hybridized carbons (Fsp3) is 0.538. The zero-order chi connectivity index (χ0) is 14.6. The van der Waals surface area contributed by atoms with E-state index in [0.717, 1.165) is 12.1 Å². The first-order valence-electron chi connectivity index (χ1n) is 6.22. The summed E-state index contributed by atoms with van der Waals surface area (Å²) in [6.07, 6.45) is -4.73. The molecule has 0 amide bonds. The van der Waals surface area contributed by atoms with Crippen LogP contribution in [0.25, 0.3) is 0 Å². The SMILES string of the molecule is Fc1ccc(CNCC2COCCO2)c(C(F)(F)F)c1. The van der Waals surface area contributed by atoms with E-state index in [0.29, 0.717) is 32.4 Å². The molecular weight excluding hydrogens is 278 g/mol. The predicted molar refractivity (Wildman–Crippen MR) is 63.7 cm³/mol. The Kier molecular flexibility index (Phi) is 4.95. The van der Waals surface area contributed by atoms with Crippen molar-refractivity contribution in [1.82, 2.24) is 5.32 Å². The molecule has 0 spiro atoms. The Morgan fingerprint density at radius 3 is 2.70 bits per heavy atom. The van der Waals surface area contributed by atoms with Crippen molar-refractivity contribution >= 4 is 0 Å². The van der Waals surface area contributed by atoms with E-state index in [9.17, 15) is 17.6 Å². The fourth-order valence-electron chi connectivity index (χ4n) is 1.99. The highest BCUT2D eigenvalue weighted by molar-refractivity contribution is 5.30. The Bertz CT molecular complexity index is 444. The monoisotopic (exact) mass is 293 g/mol. The van der Waals surface area contributed by atoms with Gasteiger partial charge in [0.05, 0.1) is 31.5 Å². The first-order valence-corrected chi connectivity index (χ1v) is 6.22. The van der Waals surface area contributed by atoms with Gasteiger partial charge in [0.2, 0.25) is 0 Å². The highest BCUT2D eigenvalue weighted by Gasteiger charge is 2.33. The molecule has 0 bridgehead atoms. The lowest BCUT2D eigenvalue weighted by molar-refractivity contribution is -0.138. The quantitative estimate of drug-likeness (QED) is 0.864. The molecule has 0 aromatic heterocycles. The molecule has 1 heterocycles. The van der Waals surface area contributed by atoms with Gasteiger partial charge in [-0.15, -0.1) is 0 Å². The first-order chi connectivity index (χ1) is 9.47. The Balaban J connectivity index is 1.95. The lowest BCUT2D eigenvalue weighted by atomic mass is 10.1. The third kappa shape index (κ3) is 4.16. The van der Waals surface area contributed by atoms with Crippen molar-refractivity contribution in [2.24, 2.45) is 0 Å². The van der Waals surface area contributed by atoms with E-state index < -0.39 is 17.6 Å². The molecule has 20 heavy (non-hydrogen) atoms. The van der Waals surface area contributed by atoms with Crippen LogP contribution in [0.1, 0.15) is 11.1 Å². The van der Waals surface area contributed by atoms with Crippen molar-refractivity contribution in [1.29, 1.82) is 0 Å². The molecule has 0 saturated carbocycles. The normalized spacial score (nSPS) is 20.1. The third-order valence-corrected chi connectivity index (χ3v) is 2.95. The van der Waals surface area contributed by atoms with Crippen LogP contribution in [0.5, 0.6) is 0 Å². The molecular formula is C13H15F4NO2. The predicted octanol–water partition coefficient (Wildman–Crippen LogP) is 2.35. The van der Waals surface area contributed by atoms with Crippen molar-refractivity contribution in [3.63, 3.8) is 0 Å². The van der Waals surface area contributed by atoms with Gasteiger partial charge in [-0.05, 0) is 17.7 Å². The van der Waals surface area contributed by atoms with Gasteiger partial charge in [0, 0.05) is 13.1 Å². The molecule has 1 aromatic rings. The molecule has 1 fully saturated rings. The highest BCUT2D eigenvalue weighted by Crippen LogP contribution is 2.32. The summed E-state index contributed by atoms with van der Waals surface area (Å²) in [6.45, 7) is 1.82. The van der Waals surface area contributed by atoms with E-state index in [2.05, 4.69) is 5.32 Å². The van der Waals surface area contributed by atoms with Crippen molar-refractivity contribution in [2.75, 3.05) is 26.4 Å². The van der Waals surface area contributed by atoms with Gasteiger partial charge < -0.3 is 14.8 Å². The van der Waals surface area contributed by atoms with Crippen LogP contribution in [0.2, 0.25) is 0 Å². The third-order valence-electron chi connectivity index (χ3n) is 2.95.